The van der Waals surface area contributed by atoms with Crippen LogP contribution in [-0.2, 0) is 0 Å². The number of hydrogen-bond acceptors (Lipinski definition) is 5. The minimum atomic E-state index is -0.396. The molecule has 2 N–H and O–H groups in total. The van der Waals surface area contributed by atoms with Crippen molar-refractivity contribution in [3.63, 3.8) is 0 Å². The molecule has 0 atom stereocenters. The minimum Gasteiger partial charge on any atom is -0.493 e. The van der Waals surface area contributed by atoms with Crippen molar-refractivity contribution in [2.24, 2.45) is 0 Å². The van der Waals surface area contributed by atoms with E-state index in [0.717, 1.165) is 12.8 Å². The molecule has 0 unspecified atom stereocenters. The van der Waals surface area contributed by atoms with Crippen LogP contribution in [0.4, 0.5) is 0 Å². The van der Waals surface area contributed by atoms with Crippen molar-refractivity contribution in [3.8, 4) is 17.4 Å². The monoisotopic (exact) mass is 321 g/mol. The van der Waals surface area contributed by atoms with Crippen LogP contribution in [0.1, 0.15) is 23.2 Å². The molecule has 2 aromatic rings. The lowest BCUT2D eigenvalue weighted by atomic mass is 10.0. The van der Waals surface area contributed by atoms with Crippen LogP contribution in [0.15, 0.2) is 54.4 Å². The lowest BCUT2D eigenvalue weighted by Crippen LogP contribution is -2.25. The second-order valence-corrected chi connectivity index (χ2v) is 5.26. The fourth-order valence-corrected chi connectivity index (χ4v) is 2.31. The summed E-state index contributed by atoms with van der Waals surface area (Å²) >= 11 is 0. The molecule has 0 spiro atoms. The second-order valence-electron chi connectivity index (χ2n) is 5.26. The molecule has 1 amide bonds. The molecular weight excluding hydrogens is 304 g/mol. The maximum absolute atomic E-state index is 12.1. The summed E-state index contributed by atoms with van der Waals surface area (Å²) in [5.41, 5.74) is 1.77. The summed E-state index contributed by atoms with van der Waals surface area (Å²) < 4.78 is 0. The number of aromatic nitrogens is 3. The Labute approximate surface area is 140 Å². The molecule has 6 heteroatoms. The quantitative estimate of drug-likeness (QED) is 0.883. The maximum atomic E-state index is 12.1. The fraction of sp³-hybridized carbons (Fsp3) is 0.167. The van der Waals surface area contributed by atoms with E-state index < -0.39 is 5.91 Å². The first-order chi connectivity index (χ1) is 11.7. The van der Waals surface area contributed by atoms with E-state index >= 15 is 0 Å². The molecule has 0 aromatic carbocycles. The number of allylic oxidation sites excluding steroid dienone is 3. The Hall–Kier alpha value is -3.02. The van der Waals surface area contributed by atoms with Gasteiger partial charge in [0.2, 0.25) is 5.88 Å². The number of nitrogens with zero attached hydrogens (tertiary/aromatic N) is 3. The normalized spacial score (nSPS) is 13.4. The summed E-state index contributed by atoms with van der Waals surface area (Å²) in [7, 11) is 0. The molecule has 0 saturated carbocycles. The number of nitrogens with one attached hydrogen (secondary N) is 1. The standard InChI is InChI=1S/C18H17N4O2/c23-17(20-11-9-13-6-2-1-3-7-13)14-12-21-16(22-18(14)24)15-8-4-5-10-19-15/h1-2,4-8,10,12H,3,9,11H2,(H,20,23)(H,21,22,24). The minimum absolute atomic E-state index is 0.0520. The molecular formula is C18H17N4O2. The van der Waals surface area contributed by atoms with Crippen LogP contribution in [0, 0.1) is 6.42 Å². The first kappa shape index (κ1) is 15.9. The topological polar surface area (TPSA) is 88.0 Å². The van der Waals surface area contributed by atoms with Crippen LogP contribution in [0.25, 0.3) is 11.5 Å². The number of pyridine rings is 1. The van der Waals surface area contributed by atoms with E-state index in [2.05, 4.69) is 32.8 Å². The van der Waals surface area contributed by atoms with E-state index in [-0.39, 0.29) is 17.3 Å². The predicted molar refractivity (Wildman–Crippen MR) is 90.0 cm³/mol. The van der Waals surface area contributed by atoms with Crippen molar-refractivity contribution in [2.75, 3.05) is 6.54 Å². The zero-order valence-electron chi connectivity index (χ0n) is 13.0. The molecule has 1 aliphatic rings. The summed E-state index contributed by atoms with van der Waals surface area (Å²) in [5.74, 6) is -0.472. The van der Waals surface area contributed by atoms with Gasteiger partial charge in [0.25, 0.3) is 5.91 Å². The Morgan fingerprint density at radius 2 is 2.21 bits per heavy atom. The Balaban J connectivity index is 1.63. The van der Waals surface area contributed by atoms with Gasteiger partial charge in [-0.2, -0.15) is 4.98 Å². The van der Waals surface area contributed by atoms with E-state index in [0.29, 0.717) is 12.2 Å². The van der Waals surface area contributed by atoms with Crippen molar-refractivity contribution < 1.29 is 9.90 Å². The Kier molecular flexibility index (Phi) is 4.96. The van der Waals surface area contributed by atoms with Gasteiger partial charge in [0, 0.05) is 18.9 Å². The number of rotatable bonds is 5. The molecule has 0 bridgehead atoms. The summed E-state index contributed by atoms with van der Waals surface area (Å²) in [6.45, 7) is 0.483. The highest BCUT2D eigenvalue weighted by Crippen LogP contribution is 2.18. The average Bonchev–Trinajstić information content (AvgIpc) is 2.63. The van der Waals surface area contributed by atoms with Gasteiger partial charge < -0.3 is 10.4 Å². The SMILES string of the molecule is O=C(NCCC1=CC[CH]C=C1)c1cnc(-c2ccccn2)nc1O. The van der Waals surface area contributed by atoms with E-state index in [1.807, 2.05) is 12.2 Å². The summed E-state index contributed by atoms with van der Waals surface area (Å²) in [6.07, 6.45) is 12.8. The van der Waals surface area contributed by atoms with Crippen LogP contribution < -0.4 is 5.32 Å². The zero-order valence-corrected chi connectivity index (χ0v) is 13.0. The van der Waals surface area contributed by atoms with Crippen LogP contribution in [0.5, 0.6) is 5.88 Å². The highest BCUT2D eigenvalue weighted by Gasteiger charge is 2.15. The molecule has 3 rings (SSSR count). The lowest BCUT2D eigenvalue weighted by Gasteiger charge is -2.09. The first-order valence-corrected chi connectivity index (χ1v) is 7.68. The molecule has 0 saturated heterocycles. The van der Waals surface area contributed by atoms with Crippen molar-refractivity contribution in [1.82, 2.24) is 20.3 Å². The van der Waals surface area contributed by atoms with Gasteiger partial charge in [-0.25, -0.2) is 4.98 Å². The van der Waals surface area contributed by atoms with Crippen LogP contribution in [0.3, 0.4) is 0 Å². The van der Waals surface area contributed by atoms with Gasteiger partial charge >= 0.3 is 0 Å². The summed E-state index contributed by atoms with van der Waals surface area (Å²) in [4.78, 5) is 24.3. The molecule has 2 heterocycles. The second kappa shape index (κ2) is 7.50. The molecule has 2 aromatic heterocycles. The van der Waals surface area contributed by atoms with Gasteiger partial charge in [-0.1, -0.05) is 29.9 Å². The Bertz CT molecular complexity index is 785. The maximum Gasteiger partial charge on any atom is 0.258 e. The fourth-order valence-electron chi connectivity index (χ4n) is 2.31. The molecule has 6 nitrogen and oxygen atoms in total. The van der Waals surface area contributed by atoms with Crippen molar-refractivity contribution in [3.05, 3.63) is 66.4 Å². The van der Waals surface area contributed by atoms with E-state index in [4.69, 9.17) is 0 Å². The molecule has 121 valence electrons. The third-order valence-electron chi connectivity index (χ3n) is 3.57. The molecule has 24 heavy (non-hydrogen) atoms. The largest absolute Gasteiger partial charge is 0.493 e. The third kappa shape index (κ3) is 3.84. The third-order valence-corrected chi connectivity index (χ3v) is 3.57. The van der Waals surface area contributed by atoms with Gasteiger partial charge in [-0.15, -0.1) is 0 Å². The van der Waals surface area contributed by atoms with Crippen LogP contribution in [0.2, 0.25) is 0 Å². The highest BCUT2D eigenvalue weighted by molar-refractivity contribution is 5.96. The van der Waals surface area contributed by atoms with Gasteiger partial charge in [0.05, 0.1) is 0 Å². The number of amides is 1. The first-order valence-electron chi connectivity index (χ1n) is 7.68. The number of hydrogen-bond donors (Lipinski definition) is 2. The number of carbonyl (C=O) groups excluding carboxylic acids is 1. The smallest absolute Gasteiger partial charge is 0.258 e. The molecule has 1 radical (unpaired) electrons. The molecule has 0 fully saturated rings. The van der Waals surface area contributed by atoms with Crippen molar-refractivity contribution in [1.29, 1.82) is 0 Å². The van der Waals surface area contributed by atoms with E-state index in [1.54, 1.807) is 24.4 Å². The summed E-state index contributed by atoms with van der Waals surface area (Å²) in [6, 6.07) is 5.31. The van der Waals surface area contributed by atoms with Gasteiger partial charge in [-0.3, -0.25) is 9.78 Å². The highest BCUT2D eigenvalue weighted by atomic mass is 16.3. The number of carbonyl (C=O) groups is 1. The van der Waals surface area contributed by atoms with Crippen LogP contribution in [-0.4, -0.2) is 32.5 Å². The molecule has 1 aliphatic carbocycles. The zero-order chi connectivity index (χ0) is 16.8. The number of aromatic hydroxyl groups is 1. The van der Waals surface area contributed by atoms with Crippen molar-refractivity contribution in [2.45, 2.75) is 12.8 Å². The predicted octanol–water partition coefficient (Wildman–Crippen LogP) is 2.45. The lowest BCUT2D eigenvalue weighted by molar-refractivity contribution is 0.0950. The van der Waals surface area contributed by atoms with Crippen LogP contribution >= 0.6 is 0 Å². The van der Waals surface area contributed by atoms with Gasteiger partial charge in [-0.05, 0) is 31.4 Å². The molecule has 0 aliphatic heterocycles. The summed E-state index contributed by atoms with van der Waals surface area (Å²) in [5, 5.41) is 12.8. The van der Waals surface area contributed by atoms with Crippen molar-refractivity contribution >= 4 is 5.91 Å². The Morgan fingerprint density at radius 1 is 1.29 bits per heavy atom. The van der Waals surface area contributed by atoms with Gasteiger partial charge in [0.1, 0.15) is 11.3 Å². The Morgan fingerprint density at radius 3 is 2.92 bits per heavy atom. The van der Waals surface area contributed by atoms with Gasteiger partial charge in [0.15, 0.2) is 5.82 Å². The van der Waals surface area contributed by atoms with E-state index in [1.165, 1.54) is 11.8 Å². The van der Waals surface area contributed by atoms with E-state index in [9.17, 15) is 9.90 Å². The average molecular weight is 321 g/mol.